The van der Waals surface area contributed by atoms with Gasteiger partial charge in [-0.15, -0.1) is 0 Å². The van der Waals surface area contributed by atoms with E-state index in [0.29, 0.717) is 0 Å². The van der Waals surface area contributed by atoms with Gasteiger partial charge in [0.15, 0.2) is 0 Å². The Labute approximate surface area is 89.8 Å². The molecule has 1 radical (unpaired) electrons. The van der Waals surface area contributed by atoms with Gasteiger partial charge in [-0.2, -0.15) is 0 Å². The van der Waals surface area contributed by atoms with Gasteiger partial charge in [-0.3, -0.25) is 0 Å². The zero-order valence-corrected chi connectivity index (χ0v) is 8.46. The zero-order valence-electron chi connectivity index (χ0n) is 8.46. The fourth-order valence-corrected chi connectivity index (χ4v) is 2.12. The second-order valence-corrected chi connectivity index (χ2v) is 3.83. The van der Waals surface area contributed by atoms with E-state index in [9.17, 15) is 0 Å². The van der Waals surface area contributed by atoms with Crippen LogP contribution in [-0.2, 0) is 13.1 Å². The van der Waals surface area contributed by atoms with Crippen LogP contribution in [0.3, 0.4) is 0 Å². The van der Waals surface area contributed by atoms with Crippen LogP contribution in [0, 0.1) is 6.07 Å². The molecule has 2 aromatic rings. The molecule has 0 aliphatic carbocycles. The van der Waals surface area contributed by atoms with E-state index >= 15 is 0 Å². The first kappa shape index (κ1) is 8.69. The van der Waals surface area contributed by atoms with Crippen molar-refractivity contribution in [1.82, 2.24) is 5.32 Å². The van der Waals surface area contributed by atoms with Gasteiger partial charge in [-0.05, 0) is 28.3 Å². The van der Waals surface area contributed by atoms with Gasteiger partial charge in [0.1, 0.15) is 0 Å². The molecular weight excluding hydrogens is 182 g/mol. The number of fused-ring (bicyclic) bond motifs is 3. The van der Waals surface area contributed by atoms with E-state index in [0.717, 1.165) is 13.1 Å². The smallest absolute Gasteiger partial charge is 0.0215 e. The SMILES string of the molecule is [c]1cccc2c1-c1ccccc1CNC2. The lowest BCUT2D eigenvalue weighted by Gasteiger charge is -2.06. The van der Waals surface area contributed by atoms with Crippen LogP contribution in [0.25, 0.3) is 11.1 Å². The third-order valence-corrected chi connectivity index (χ3v) is 2.86. The molecule has 1 nitrogen and oxygen atoms in total. The summed E-state index contributed by atoms with van der Waals surface area (Å²) in [5.41, 5.74) is 5.26. The summed E-state index contributed by atoms with van der Waals surface area (Å²) in [4.78, 5) is 0. The fourth-order valence-electron chi connectivity index (χ4n) is 2.12. The minimum absolute atomic E-state index is 0.932. The molecule has 1 aliphatic rings. The third-order valence-electron chi connectivity index (χ3n) is 2.86. The second-order valence-electron chi connectivity index (χ2n) is 3.83. The fraction of sp³-hybridized carbons (Fsp3) is 0.143. The Bertz CT molecular complexity index is 443. The molecule has 1 N–H and O–H groups in total. The summed E-state index contributed by atoms with van der Waals surface area (Å²) in [7, 11) is 0. The van der Waals surface area contributed by atoms with Gasteiger partial charge >= 0.3 is 0 Å². The Morgan fingerprint density at radius 3 is 2.73 bits per heavy atom. The minimum Gasteiger partial charge on any atom is -0.309 e. The first-order valence-electron chi connectivity index (χ1n) is 5.24. The molecule has 0 amide bonds. The highest BCUT2D eigenvalue weighted by atomic mass is 14.9. The van der Waals surface area contributed by atoms with Crippen molar-refractivity contribution in [2.45, 2.75) is 13.1 Å². The van der Waals surface area contributed by atoms with Crippen molar-refractivity contribution in [3.8, 4) is 11.1 Å². The summed E-state index contributed by atoms with van der Waals surface area (Å²) >= 11 is 0. The van der Waals surface area contributed by atoms with Gasteiger partial charge < -0.3 is 5.32 Å². The van der Waals surface area contributed by atoms with Gasteiger partial charge in [-0.25, -0.2) is 0 Å². The molecule has 1 heterocycles. The molecule has 0 unspecified atom stereocenters. The Kier molecular flexibility index (Phi) is 2.04. The molecule has 1 aliphatic heterocycles. The Morgan fingerprint density at radius 1 is 0.933 bits per heavy atom. The van der Waals surface area contributed by atoms with E-state index in [1.165, 1.54) is 22.3 Å². The van der Waals surface area contributed by atoms with Crippen LogP contribution in [0.1, 0.15) is 11.1 Å². The van der Waals surface area contributed by atoms with Gasteiger partial charge in [0.2, 0.25) is 0 Å². The van der Waals surface area contributed by atoms with Crippen LogP contribution in [0.2, 0.25) is 0 Å². The molecule has 0 spiro atoms. The van der Waals surface area contributed by atoms with Crippen molar-refractivity contribution in [1.29, 1.82) is 0 Å². The van der Waals surface area contributed by atoms with Crippen molar-refractivity contribution in [2.24, 2.45) is 0 Å². The Morgan fingerprint density at radius 2 is 1.73 bits per heavy atom. The van der Waals surface area contributed by atoms with E-state index in [4.69, 9.17) is 0 Å². The van der Waals surface area contributed by atoms with Crippen LogP contribution < -0.4 is 5.32 Å². The van der Waals surface area contributed by atoms with Crippen molar-refractivity contribution in [3.05, 3.63) is 59.7 Å². The van der Waals surface area contributed by atoms with Crippen LogP contribution >= 0.6 is 0 Å². The molecule has 0 saturated heterocycles. The molecule has 73 valence electrons. The molecule has 2 aromatic carbocycles. The maximum Gasteiger partial charge on any atom is 0.0215 e. The quantitative estimate of drug-likeness (QED) is 0.680. The standard InChI is InChI=1S/C14H12N/c1-3-7-13-11(5-1)9-15-10-12-6-2-4-8-14(12)13/h1-7,15H,9-10H2. The average molecular weight is 194 g/mol. The molecule has 0 atom stereocenters. The lowest BCUT2D eigenvalue weighted by molar-refractivity contribution is 0.703. The van der Waals surface area contributed by atoms with E-state index in [1.807, 2.05) is 6.07 Å². The van der Waals surface area contributed by atoms with Crippen LogP contribution in [0.5, 0.6) is 0 Å². The van der Waals surface area contributed by atoms with E-state index in [-0.39, 0.29) is 0 Å². The summed E-state index contributed by atoms with van der Waals surface area (Å²) in [5.74, 6) is 0. The normalized spacial score (nSPS) is 13.9. The van der Waals surface area contributed by atoms with E-state index < -0.39 is 0 Å². The highest BCUT2D eigenvalue weighted by Crippen LogP contribution is 2.28. The third kappa shape index (κ3) is 1.45. The van der Waals surface area contributed by atoms with E-state index in [1.54, 1.807) is 0 Å². The maximum atomic E-state index is 3.44. The summed E-state index contributed by atoms with van der Waals surface area (Å²) in [5, 5.41) is 3.44. The van der Waals surface area contributed by atoms with Crippen molar-refractivity contribution >= 4 is 0 Å². The lowest BCUT2D eigenvalue weighted by Crippen LogP contribution is -2.10. The van der Waals surface area contributed by atoms with Gasteiger partial charge in [0.05, 0.1) is 0 Å². The average Bonchev–Trinajstić information content (AvgIpc) is 2.48. The second kappa shape index (κ2) is 3.52. The van der Waals surface area contributed by atoms with Crippen molar-refractivity contribution < 1.29 is 0 Å². The number of benzene rings is 2. The highest BCUT2D eigenvalue weighted by molar-refractivity contribution is 5.70. The molecule has 0 saturated carbocycles. The summed E-state index contributed by atoms with van der Waals surface area (Å²) < 4.78 is 0. The molecule has 3 rings (SSSR count). The highest BCUT2D eigenvalue weighted by Gasteiger charge is 2.12. The van der Waals surface area contributed by atoms with Crippen molar-refractivity contribution in [2.75, 3.05) is 0 Å². The lowest BCUT2D eigenvalue weighted by atomic mass is 9.97. The Balaban J connectivity index is 2.27. The number of rotatable bonds is 0. The number of hydrogen-bond donors (Lipinski definition) is 1. The number of nitrogens with one attached hydrogen (secondary N) is 1. The minimum atomic E-state index is 0.932. The maximum absolute atomic E-state index is 3.44. The van der Waals surface area contributed by atoms with Crippen molar-refractivity contribution in [3.63, 3.8) is 0 Å². The summed E-state index contributed by atoms with van der Waals surface area (Å²) in [6.07, 6.45) is 0. The molecular formula is C14H12N. The Hall–Kier alpha value is -1.60. The molecule has 1 heteroatoms. The van der Waals surface area contributed by atoms with E-state index in [2.05, 4.69) is 47.8 Å². The van der Waals surface area contributed by atoms with Gasteiger partial charge in [-0.1, -0.05) is 42.5 Å². The summed E-state index contributed by atoms with van der Waals surface area (Å²) in [6.45, 7) is 1.88. The van der Waals surface area contributed by atoms with Gasteiger partial charge in [0.25, 0.3) is 0 Å². The largest absolute Gasteiger partial charge is 0.309 e. The first-order valence-corrected chi connectivity index (χ1v) is 5.24. The molecule has 0 aromatic heterocycles. The topological polar surface area (TPSA) is 12.0 Å². The van der Waals surface area contributed by atoms with Crippen LogP contribution in [-0.4, -0.2) is 0 Å². The molecule has 0 fully saturated rings. The molecule has 0 bridgehead atoms. The van der Waals surface area contributed by atoms with Crippen LogP contribution in [0.15, 0.2) is 42.5 Å². The predicted molar refractivity (Wildman–Crippen MR) is 61.3 cm³/mol. The van der Waals surface area contributed by atoms with Crippen LogP contribution in [0.4, 0.5) is 0 Å². The molecule has 15 heavy (non-hydrogen) atoms. The first-order chi connectivity index (χ1) is 7.45. The number of hydrogen-bond acceptors (Lipinski definition) is 1. The predicted octanol–water partition coefficient (Wildman–Crippen LogP) is 2.76. The van der Waals surface area contributed by atoms with Gasteiger partial charge in [0, 0.05) is 13.1 Å². The summed E-state index contributed by atoms with van der Waals surface area (Å²) in [6, 6.07) is 18.1. The zero-order chi connectivity index (χ0) is 10.1. The monoisotopic (exact) mass is 194 g/mol.